The van der Waals surface area contributed by atoms with Gasteiger partial charge >= 0.3 is 0 Å². The summed E-state index contributed by atoms with van der Waals surface area (Å²) in [4.78, 5) is 4.03. The van der Waals surface area contributed by atoms with E-state index in [4.69, 9.17) is 0 Å². The minimum absolute atomic E-state index is 0.351. The van der Waals surface area contributed by atoms with Gasteiger partial charge in [0.15, 0.2) is 0 Å². The summed E-state index contributed by atoms with van der Waals surface area (Å²) in [7, 11) is 0.133. The quantitative estimate of drug-likeness (QED) is 0.839. The van der Waals surface area contributed by atoms with Gasteiger partial charge in [0, 0.05) is 39.1 Å². The lowest BCUT2D eigenvalue weighted by Gasteiger charge is -2.34. The van der Waals surface area contributed by atoms with Gasteiger partial charge in [0.1, 0.15) is 0 Å². The number of hydrogen-bond acceptors (Lipinski definition) is 4. The van der Waals surface area contributed by atoms with Crippen molar-refractivity contribution in [2.24, 2.45) is 5.92 Å². The molecule has 118 valence electrons. The van der Waals surface area contributed by atoms with Crippen molar-refractivity contribution in [2.75, 3.05) is 33.7 Å². The molecule has 1 aromatic heterocycles. The van der Waals surface area contributed by atoms with E-state index in [1.807, 2.05) is 19.2 Å². The molecule has 1 aromatic rings. The normalized spacial score (nSPS) is 20.8. The van der Waals surface area contributed by atoms with E-state index in [-0.39, 0.29) is 0 Å². The number of piperidine rings is 1. The summed E-state index contributed by atoms with van der Waals surface area (Å²) in [6.07, 6.45) is 5.39. The van der Waals surface area contributed by atoms with Gasteiger partial charge in [-0.1, -0.05) is 6.07 Å². The van der Waals surface area contributed by atoms with E-state index in [0.717, 1.165) is 24.9 Å². The molecule has 1 N–H and O–H groups in total. The molecule has 2 heterocycles. The van der Waals surface area contributed by atoms with Crippen molar-refractivity contribution in [2.45, 2.75) is 19.4 Å². The molecule has 0 aliphatic carbocycles. The first kappa shape index (κ1) is 16.4. The molecule has 0 amide bonds. The molecule has 7 heteroatoms. The van der Waals surface area contributed by atoms with Crippen LogP contribution in [-0.4, -0.2) is 55.7 Å². The van der Waals surface area contributed by atoms with Crippen LogP contribution in [0.1, 0.15) is 18.4 Å². The van der Waals surface area contributed by atoms with Gasteiger partial charge in [-0.15, -0.1) is 0 Å². The molecule has 21 heavy (non-hydrogen) atoms. The largest absolute Gasteiger partial charge is 0.319 e. The second-order valence-corrected chi connectivity index (χ2v) is 7.58. The second-order valence-electron chi connectivity index (χ2n) is 5.55. The van der Waals surface area contributed by atoms with Gasteiger partial charge in [-0.3, -0.25) is 4.98 Å². The van der Waals surface area contributed by atoms with Gasteiger partial charge < -0.3 is 5.32 Å². The van der Waals surface area contributed by atoms with E-state index in [9.17, 15) is 8.42 Å². The van der Waals surface area contributed by atoms with Gasteiger partial charge in [-0.2, -0.15) is 17.0 Å². The zero-order valence-electron chi connectivity index (χ0n) is 12.7. The summed E-state index contributed by atoms with van der Waals surface area (Å²) in [5.41, 5.74) is 0.896. The minimum Gasteiger partial charge on any atom is -0.319 e. The van der Waals surface area contributed by atoms with Crippen molar-refractivity contribution < 1.29 is 8.42 Å². The van der Waals surface area contributed by atoms with Crippen molar-refractivity contribution in [3.05, 3.63) is 30.1 Å². The van der Waals surface area contributed by atoms with E-state index in [1.54, 1.807) is 23.7 Å². The number of nitrogens with zero attached hydrogens (tertiary/aromatic N) is 3. The van der Waals surface area contributed by atoms with Gasteiger partial charge in [-0.25, -0.2) is 0 Å². The lowest BCUT2D eigenvalue weighted by Crippen LogP contribution is -2.47. The third kappa shape index (κ3) is 4.23. The lowest BCUT2D eigenvalue weighted by molar-refractivity contribution is 0.248. The highest BCUT2D eigenvalue weighted by molar-refractivity contribution is 7.86. The van der Waals surface area contributed by atoms with Gasteiger partial charge in [0.25, 0.3) is 10.2 Å². The Balaban J connectivity index is 2.02. The molecule has 1 atom stereocenters. The first-order valence-electron chi connectivity index (χ1n) is 7.29. The van der Waals surface area contributed by atoms with Gasteiger partial charge in [-0.05, 0) is 44.0 Å². The summed E-state index contributed by atoms with van der Waals surface area (Å²) in [6, 6.07) is 3.71. The molecule has 1 aliphatic heterocycles. The van der Waals surface area contributed by atoms with Crippen LogP contribution in [-0.2, 0) is 16.8 Å². The molecular weight excluding hydrogens is 288 g/mol. The van der Waals surface area contributed by atoms with E-state index in [1.165, 1.54) is 4.31 Å². The highest BCUT2D eigenvalue weighted by Crippen LogP contribution is 2.21. The summed E-state index contributed by atoms with van der Waals surface area (Å²) >= 11 is 0. The number of hydrogen-bond donors (Lipinski definition) is 1. The third-order valence-corrected chi connectivity index (χ3v) is 5.72. The molecule has 1 saturated heterocycles. The van der Waals surface area contributed by atoms with Gasteiger partial charge in [0.2, 0.25) is 0 Å². The van der Waals surface area contributed by atoms with Crippen molar-refractivity contribution in [3.8, 4) is 0 Å². The number of rotatable bonds is 6. The zero-order valence-corrected chi connectivity index (χ0v) is 13.5. The Morgan fingerprint density at radius 1 is 1.52 bits per heavy atom. The van der Waals surface area contributed by atoms with Crippen molar-refractivity contribution in [1.29, 1.82) is 0 Å². The van der Waals surface area contributed by atoms with E-state index in [0.29, 0.717) is 25.6 Å². The van der Waals surface area contributed by atoms with Crippen LogP contribution in [0.5, 0.6) is 0 Å². The highest BCUT2D eigenvalue weighted by Gasteiger charge is 2.31. The third-order valence-electron chi connectivity index (χ3n) is 3.82. The average Bonchev–Trinajstić information content (AvgIpc) is 2.49. The number of aromatic nitrogens is 1. The Bertz CT molecular complexity index is 533. The maximum absolute atomic E-state index is 12.7. The van der Waals surface area contributed by atoms with Crippen LogP contribution in [0.25, 0.3) is 0 Å². The molecule has 0 bridgehead atoms. The fraction of sp³-hybridized carbons (Fsp3) is 0.643. The molecule has 1 aliphatic rings. The van der Waals surface area contributed by atoms with Crippen molar-refractivity contribution in [3.63, 3.8) is 0 Å². The number of nitrogens with one attached hydrogen (secondary N) is 1. The van der Waals surface area contributed by atoms with E-state index in [2.05, 4.69) is 10.3 Å². The Morgan fingerprint density at radius 2 is 2.33 bits per heavy atom. The molecule has 2 rings (SSSR count). The van der Waals surface area contributed by atoms with Crippen LogP contribution < -0.4 is 5.32 Å². The molecule has 0 radical (unpaired) electrons. The van der Waals surface area contributed by atoms with Crippen molar-refractivity contribution >= 4 is 10.2 Å². The summed E-state index contributed by atoms with van der Waals surface area (Å²) < 4.78 is 28.3. The first-order chi connectivity index (χ1) is 10.0. The molecule has 6 nitrogen and oxygen atoms in total. The Labute approximate surface area is 127 Å². The lowest BCUT2D eigenvalue weighted by atomic mass is 10.00. The monoisotopic (exact) mass is 312 g/mol. The smallest absolute Gasteiger partial charge is 0.282 e. The first-order valence-corrected chi connectivity index (χ1v) is 8.68. The predicted octanol–water partition coefficient (Wildman–Crippen LogP) is 0.690. The Kier molecular flexibility index (Phi) is 5.69. The molecule has 0 spiro atoms. The fourth-order valence-electron chi connectivity index (χ4n) is 2.72. The van der Waals surface area contributed by atoms with Crippen LogP contribution >= 0.6 is 0 Å². The highest BCUT2D eigenvalue weighted by atomic mass is 32.2. The predicted molar refractivity (Wildman–Crippen MR) is 82.8 cm³/mol. The van der Waals surface area contributed by atoms with Gasteiger partial charge in [0.05, 0.1) is 0 Å². The van der Waals surface area contributed by atoms with E-state index < -0.39 is 10.2 Å². The second kappa shape index (κ2) is 7.31. The maximum Gasteiger partial charge on any atom is 0.282 e. The SMILES string of the molecule is CNCC1CCCN(S(=O)(=O)N(C)Cc2cccnc2)C1. The topological polar surface area (TPSA) is 65.5 Å². The maximum atomic E-state index is 12.7. The molecular formula is C14H24N4O2S. The fourth-order valence-corrected chi connectivity index (χ4v) is 4.18. The molecule has 0 saturated carbocycles. The summed E-state index contributed by atoms with van der Waals surface area (Å²) in [6.45, 7) is 2.42. The molecule has 1 unspecified atom stereocenters. The Morgan fingerprint density at radius 3 is 3.00 bits per heavy atom. The van der Waals surface area contributed by atoms with Crippen molar-refractivity contribution in [1.82, 2.24) is 18.9 Å². The summed E-state index contributed by atoms with van der Waals surface area (Å²) in [5.74, 6) is 0.394. The molecule has 0 aromatic carbocycles. The minimum atomic E-state index is -3.40. The van der Waals surface area contributed by atoms with Crippen LogP contribution in [0.4, 0.5) is 0 Å². The number of pyridine rings is 1. The van der Waals surface area contributed by atoms with Crippen LogP contribution in [0.2, 0.25) is 0 Å². The standard InChI is InChI=1S/C14H24N4O2S/c1-15-9-13-6-4-8-18(12-13)21(19,20)17(2)11-14-5-3-7-16-10-14/h3,5,7,10,13,15H,4,6,8-9,11-12H2,1-2H3. The van der Waals surface area contributed by atoms with Crippen LogP contribution in [0, 0.1) is 5.92 Å². The average molecular weight is 312 g/mol. The zero-order chi connectivity index (χ0) is 15.3. The van der Waals surface area contributed by atoms with Crippen LogP contribution in [0.3, 0.4) is 0 Å². The molecule has 1 fully saturated rings. The Hall–Kier alpha value is -1.02. The summed E-state index contributed by atoms with van der Waals surface area (Å²) in [5, 5.41) is 3.14. The van der Waals surface area contributed by atoms with E-state index >= 15 is 0 Å². The van der Waals surface area contributed by atoms with Crippen LogP contribution in [0.15, 0.2) is 24.5 Å².